The number of benzene rings is 2. The fraction of sp³-hybridized carbons (Fsp3) is 0.375. The van der Waals surface area contributed by atoms with E-state index in [0.717, 1.165) is 35.6 Å². The molecule has 1 aliphatic carbocycles. The van der Waals surface area contributed by atoms with E-state index in [0.29, 0.717) is 36.2 Å². The summed E-state index contributed by atoms with van der Waals surface area (Å²) in [4.78, 5) is 13.8. The third-order valence-corrected chi connectivity index (χ3v) is 5.81. The quantitative estimate of drug-likeness (QED) is 0.452. The van der Waals surface area contributed by atoms with Crippen molar-refractivity contribution >= 4 is 23.5 Å². The molecule has 172 valence electrons. The van der Waals surface area contributed by atoms with E-state index in [2.05, 4.69) is 30.9 Å². The van der Waals surface area contributed by atoms with Crippen molar-refractivity contribution < 1.29 is 14.2 Å². The smallest absolute Gasteiger partial charge is 0.233 e. The number of aromatic nitrogens is 3. The van der Waals surface area contributed by atoms with E-state index in [1.165, 1.54) is 19.3 Å². The monoisotopic (exact) mass is 448 g/mol. The van der Waals surface area contributed by atoms with Crippen LogP contribution in [-0.2, 0) is 6.54 Å². The Kier molecular flexibility index (Phi) is 6.27. The zero-order valence-electron chi connectivity index (χ0n) is 18.6. The summed E-state index contributed by atoms with van der Waals surface area (Å²) in [6.45, 7) is 0.819. The van der Waals surface area contributed by atoms with E-state index < -0.39 is 0 Å². The fourth-order valence-electron chi connectivity index (χ4n) is 4.03. The van der Waals surface area contributed by atoms with Crippen LogP contribution in [0.25, 0.3) is 0 Å². The van der Waals surface area contributed by atoms with Crippen LogP contribution in [0.1, 0.15) is 37.7 Å². The number of nitrogens with one attached hydrogen (secondary N) is 3. The van der Waals surface area contributed by atoms with Gasteiger partial charge in [0.2, 0.25) is 24.6 Å². The maximum absolute atomic E-state index is 5.48. The van der Waals surface area contributed by atoms with Gasteiger partial charge < -0.3 is 30.2 Å². The summed E-state index contributed by atoms with van der Waals surface area (Å²) in [6, 6.07) is 13.9. The van der Waals surface area contributed by atoms with Crippen molar-refractivity contribution in [1.82, 2.24) is 15.0 Å². The van der Waals surface area contributed by atoms with Crippen molar-refractivity contribution in [3.05, 3.63) is 48.0 Å². The largest absolute Gasteiger partial charge is 0.497 e. The summed E-state index contributed by atoms with van der Waals surface area (Å²) in [5, 5.41) is 10.1. The first-order valence-corrected chi connectivity index (χ1v) is 11.3. The van der Waals surface area contributed by atoms with Gasteiger partial charge in [-0.1, -0.05) is 31.4 Å². The Bertz CT molecular complexity index is 1090. The summed E-state index contributed by atoms with van der Waals surface area (Å²) in [5.41, 5.74) is 1.92. The molecule has 0 bridgehead atoms. The molecule has 9 heteroatoms. The molecule has 0 amide bonds. The Balaban J connectivity index is 1.34. The van der Waals surface area contributed by atoms with Gasteiger partial charge in [0.15, 0.2) is 11.5 Å². The molecule has 3 N–H and O–H groups in total. The molecule has 3 aromatic rings. The van der Waals surface area contributed by atoms with Gasteiger partial charge in [0.25, 0.3) is 0 Å². The lowest BCUT2D eigenvalue weighted by atomic mass is 9.96. The second kappa shape index (κ2) is 9.81. The Morgan fingerprint density at radius 1 is 0.879 bits per heavy atom. The first kappa shape index (κ1) is 21.1. The van der Waals surface area contributed by atoms with Crippen LogP contribution in [0.3, 0.4) is 0 Å². The van der Waals surface area contributed by atoms with Gasteiger partial charge in [-0.25, -0.2) is 0 Å². The molecule has 1 aliphatic heterocycles. The highest BCUT2D eigenvalue weighted by Gasteiger charge is 2.17. The van der Waals surface area contributed by atoms with Crippen molar-refractivity contribution in [1.29, 1.82) is 0 Å². The van der Waals surface area contributed by atoms with E-state index in [1.807, 2.05) is 42.5 Å². The molecular formula is C24H28N6O3. The van der Waals surface area contributed by atoms with Gasteiger partial charge in [0, 0.05) is 24.3 Å². The van der Waals surface area contributed by atoms with Gasteiger partial charge in [-0.2, -0.15) is 15.0 Å². The topological polar surface area (TPSA) is 102 Å². The van der Waals surface area contributed by atoms with Gasteiger partial charge >= 0.3 is 0 Å². The second-order valence-electron chi connectivity index (χ2n) is 8.18. The summed E-state index contributed by atoms with van der Waals surface area (Å²) in [7, 11) is 1.66. The number of rotatable bonds is 8. The van der Waals surface area contributed by atoms with Gasteiger partial charge in [0.05, 0.1) is 7.11 Å². The molecule has 0 atom stereocenters. The average Bonchev–Trinajstić information content (AvgIpc) is 3.32. The predicted octanol–water partition coefficient (Wildman–Crippen LogP) is 4.71. The third kappa shape index (κ3) is 5.36. The second-order valence-corrected chi connectivity index (χ2v) is 8.18. The zero-order chi connectivity index (χ0) is 22.5. The Labute approximate surface area is 192 Å². The standard InChI is InChI=1S/C24H28N6O3/c1-31-19-10-7-16(8-11-19)14-25-22-28-23(26-17-5-3-2-4-6-17)30-24(29-22)27-18-9-12-20-21(13-18)33-15-32-20/h7-13,17H,2-6,14-15H2,1H3,(H3,25,26,27,28,29,30). The highest BCUT2D eigenvalue weighted by Crippen LogP contribution is 2.35. The zero-order valence-corrected chi connectivity index (χ0v) is 18.6. The van der Waals surface area contributed by atoms with Gasteiger partial charge in [-0.15, -0.1) is 0 Å². The first-order valence-electron chi connectivity index (χ1n) is 11.3. The normalized spacial score (nSPS) is 15.2. The van der Waals surface area contributed by atoms with Crippen LogP contribution in [-0.4, -0.2) is 34.9 Å². The van der Waals surface area contributed by atoms with Crippen LogP contribution < -0.4 is 30.2 Å². The van der Waals surface area contributed by atoms with E-state index in [-0.39, 0.29) is 6.79 Å². The van der Waals surface area contributed by atoms with E-state index in [9.17, 15) is 0 Å². The maximum Gasteiger partial charge on any atom is 0.233 e. The Morgan fingerprint density at radius 2 is 1.64 bits per heavy atom. The minimum absolute atomic E-state index is 0.236. The fourth-order valence-corrected chi connectivity index (χ4v) is 4.03. The van der Waals surface area contributed by atoms with E-state index in [4.69, 9.17) is 14.2 Å². The van der Waals surface area contributed by atoms with Crippen LogP contribution in [0.15, 0.2) is 42.5 Å². The van der Waals surface area contributed by atoms with E-state index >= 15 is 0 Å². The molecule has 9 nitrogen and oxygen atoms in total. The summed E-state index contributed by atoms with van der Waals surface area (Å²) in [6.07, 6.45) is 6.01. The molecule has 2 aliphatic rings. The van der Waals surface area contributed by atoms with Crippen LogP contribution >= 0.6 is 0 Å². The molecule has 1 aromatic heterocycles. The molecule has 2 aromatic carbocycles. The Morgan fingerprint density at radius 3 is 2.45 bits per heavy atom. The number of nitrogens with zero attached hydrogens (tertiary/aromatic N) is 3. The summed E-state index contributed by atoms with van der Waals surface area (Å²) < 4.78 is 16.1. The molecule has 2 heterocycles. The van der Waals surface area contributed by atoms with Crippen LogP contribution in [0.4, 0.5) is 23.5 Å². The minimum atomic E-state index is 0.236. The van der Waals surface area contributed by atoms with Crippen molar-refractivity contribution in [3.8, 4) is 17.2 Å². The number of hydrogen-bond acceptors (Lipinski definition) is 9. The third-order valence-electron chi connectivity index (χ3n) is 5.81. The van der Waals surface area contributed by atoms with Crippen molar-refractivity contribution in [2.45, 2.75) is 44.7 Å². The minimum Gasteiger partial charge on any atom is -0.497 e. The first-order chi connectivity index (χ1) is 16.2. The lowest BCUT2D eigenvalue weighted by molar-refractivity contribution is 0.174. The van der Waals surface area contributed by atoms with E-state index in [1.54, 1.807) is 7.11 Å². The van der Waals surface area contributed by atoms with Crippen molar-refractivity contribution in [2.24, 2.45) is 0 Å². The van der Waals surface area contributed by atoms with Crippen molar-refractivity contribution in [2.75, 3.05) is 29.9 Å². The molecule has 1 fully saturated rings. The average molecular weight is 449 g/mol. The predicted molar refractivity (Wildman–Crippen MR) is 126 cm³/mol. The molecule has 0 spiro atoms. The summed E-state index contributed by atoms with van der Waals surface area (Å²) >= 11 is 0. The number of methoxy groups -OCH3 is 1. The lowest BCUT2D eigenvalue weighted by Gasteiger charge is -2.23. The Hall–Kier alpha value is -3.75. The molecule has 0 radical (unpaired) electrons. The highest BCUT2D eigenvalue weighted by molar-refractivity contribution is 5.61. The molecule has 33 heavy (non-hydrogen) atoms. The van der Waals surface area contributed by atoms with Gasteiger partial charge in [-0.3, -0.25) is 0 Å². The number of fused-ring (bicyclic) bond motifs is 1. The number of hydrogen-bond donors (Lipinski definition) is 3. The van der Waals surface area contributed by atoms with Crippen LogP contribution in [0.2, 0.25) is 0 Å². The van der Waals surface area contributed by atoms with Crippen molar-refractivity contribution in [3.63, 3.8) is 0 Å². The number of ether oxygens (including phenoxy) is 3. The van der Waals surface area contributed by atoms with Crippen LogP contribution in [0.5, 0.6) is 17.2 Å². The highest BCUT2D eigenvalue weighted by atomic mass is 16.7. The molecule has 1 saturated carbocycles. The van der Waals surface area contributed by atoms with Gasteiger partial charge in [0.1, 0.15) is 5.75 Å². The molecular weight excluding hydrogens is 420 g/mol. The molecule has 0 unspecified atom stereocenters. The maximum atomic E-state index is 5.48. The van der Waals surface area contributed by atoms with Gasteiger partial charge in [-0.05, 0) is 42.7 Å². The lowest BCUT2D eigenvalue weighted by Crippen LogP contribution is -2.24. The SMILES string of the molecule is COc1ccc(CNc2nc(Nc3ccc4c(c3)OCO4)nc(NC3CCCCC3)n2)cc1. The van der Waals surface area contributed by atoms with Crippen LogP contribution in [0, 0.1) is 0 Å². The summed E-state index contributed by atoms with van der Waals surface area (Å²) in [5.74, 6) is 3.79. The number of anilines is 4. The molecule has 5 rings (SSSR count). The molecule has 0 saturated heterocycles.